The number of imidazole rings is 1. The van der Waals surface area contributed by atoms with E-state index in [9.17, 15) is 15.2 Å². The van der Waals surface area contributed by atoms with Gasteiger partial charge in [-0.15, -0.1) is 0 Å². The molecule has 0 fully saturated rings. The lowest BCUT2D eigenvalue weighted by atomic mass is 10.1. The minimum absolute atomic E-state index is 0.0675. The summed E-state index contributed by atoms with van der Waals surface area (Å²) < 4.78 is 1.51. The minimum atomic E-state index is -0.608. The highest BCUT2D eigenvalue weighted by molar-refractivity contribution is 5.12. The summed E-state index contributed by atoms with van der Waals surface area (Å²) in [5.41, 5.74) is -0.0675. The first-order valence-corrected chi connectivity index (χ1v) is 5.37. The van der Waals surface area contributed by atoms with E-state index >= 15 is 0 Å². The largest absolute Gasteiger partial charge is 0.390 e. The fourth-order valence-electron chi connectivity index (χ4n) is 1.27. The van der Waals surface area contributed by atoms with Crippen LogP contribution in [0.3, 0.4) is 0 Å². The van der Waals surface area contributed by atoms with Crippen LogP contribution >= 0.6 is 0 Å². The summed E-state index contributed by atoms with van der Waals surface area (Å²) >= 11 is 0. The van der Waals surface area contributed by atoms with E-state index in [1.807, 2.05) is 20.8 Å². The van der Waals surface area contributed by atoms with Gasteiger partial charge in [0.25, 0.3) is 0 Å². The number of aliphatic hydroxyl groups is 1. The Hall–Kier alpha value is -1.47. The lowest BCUT2D eigenvalue weighted by Gasteiger charge is -2.22. The van der Waals surface area contributed by atoms with Gasteiger partial charge in [-0.1, -0.05) is 0 Å². The van der Waals surface area contributed by atoms with Crippen molar-refractivity contribution in [3.05, 3.63) is 22.6 Å². The maximum Gasteiger partial charge on any atom is 0.381 e. The van der Waals surface area contributed by atoms with Crippen LogP contribution in [-0.2, 0) is 6.54 Å². The third-order valence-electron chi connectivity index (χ3n) is 2.10. The molecule has 0 bridgehead atoms. The van der Waals surface area contributed by atoms with Gasteiger partial charge in [0.2, 0.25) is 6.33 Å². The monoisotopic (exact) mass is 242 g/mol. The molecule has 0 radical (unpaired) electrons. The Bertz CT molecular complexity index is 383. The predicted octanol–water partition coefficient (Wildman–Crippen LogP) is 0.540. The van der Waals surface area contributed by atoms with Gasteiger partial charge in [0.05, 0.1) is 12.6 Å². The number of aromatic nitrogens is 2. The zero-order chi connectivity index (χ0) is 13.1. The second-order valence-electron chi connectivity index (χ2n) is 4.97. The summed E-state index contributed by atoms with van der Waals surface area (Å²) in [7, 11) is 0. The summed E-state index contributed by atoms with van der Waals surface area (Å²) in [6, 6.07) is 0. The van der Waals surface area contributed by atoms with Gasteiger partial charge in [-0.2, -0.15) is 0 Å². The fourth-order valence-corrected chi connectivity index (χ4v) is 1.27. The third-order valence-corrected chi connectivity index (χ3v) is 2.10. The Labute approximate surface area is 99.6 Å². The zero-order valence-electron chi connectivity index (χ0n) is 10.3. The normalized spacial score (nSPS) is 13.6. The summed E-state index contributed by atoms with van der Waals surface area (Å²) in [5.74, 6) is -0.207. The average Bonchev–Trinajstić information content (AvgIpc) is 2.62. The van der Waals surface area contributed by atoms with E-state index in [4.69, 9.17) is 0 Å². The first-order valence-electron chi connectivity index (χ1n) is 5.37. The van der Waals surface area contributed by atoms with E-state index in [1.165, 1.54) is 17.1 Å². The molecule has 1 aromatic rings. The lowest BCUT2D eigenvalue weighted by molar-refractivity contribution is -0.389. The number of aliphatic hydroxyl groups excluding tert-OH is 1. The van der Waals surface area contributed by atoms with E-state index in [2.05, 4.69) is 10.3 Å². The Morgan fingerprint density at radius 3 is 2.76 bits per heavy atom. The van der Waals surface area contributed by atoms with Gasteiger partial charge in [-0.05, 0) is 30.7 Å². The van der Waals surface area contributed by atoms with Crippen LogP contribution in [0.25, 0.3) is 0 Å². The highest BCUT2D eigenvalue weighted by Crippen LogP contribution is 2.06. The van der Waals surface area contributed by atoms with E-state index in [0.29, 0.717) is 6.54 Å². The van der Waals surface area contributed by atoms with Crippen molar-refractivity contribution in [3.8, 4) is 0 Å². The number of nitro groups is 1. The third kappa shape index (κ3) is 4.92. The first-order chi connectivity index (χ1) is 7.78. The second kappa shape index (κ2) is 5.24. The van der Waals surface area contributed by atoms with Crippen LogP contribution in [0.4, 0.5) is 5.82 Å². The van der Waals surface area contributed by atoms with Crippen molar-refractivity contribution in [1.29, 1.82) is 0 Å². The molecule has 1 atom stereocenters. The van der Waals surface area contributed by atoms with Crippen LogP contribution in [-0.4, -0.2) is 37.8 Å². The number of hydrogen-bond acceptors (Lipinski definition) is 5. The van der Waals surface area contributed by atoms with Crippen molar-refractivity contribution in [1.82, 2.24) is 14.9 Å². The molecule has 17 heavy (non-hydrogen) atoms. The molecule has 1 aromatic heterocycles. The SMILES string of the molecule is CC(C)(C)NCC(O)Cn1cnc([N+](=O)[O-])c1. The van der Waals surface area contributed by atoms with Crippen molar-refractivity contribution in [2.24, 2.45) is 0 Å². The van der Waals surface area contributed by atoms with Crippen molar-refractivity contribution in [3.63, 3.8) is 0 Å². The number of hydrogen-bond donors (Lipinski definition) is 2. The van der Waals surface area contributed by atoms with Crippen LogP contribution < -0.4 is 5.32 Å². The Morgan fingerprint density at radius 2 is 2.29 bits per heavy atom. The molecule has 1 heterocycles. The van der Waals surface area contributed by atoms with Gasteiger partial charge in [0.15, 0.2) is 0 Å². The van der Waals surface area contributed by atoms with Crippen molar-refractivity contribution in [2.75, 3.05) is 6.54 Å². The molecule has 96 valence electrons. The van der Waals surface area contributed by atoms with Gasteiger partial charge >= 0.3 is 5.82 Å². The number of nitrogens with one attached hydrogen (secondary N) is 1. The standard InChI is InChI=1S/C10H18N4O3/c1-10(2,3)12-4-8(15)5-13-6-9(11-7-13)14(16)17/h6-8,12,15H,4-5H2,1-3H3. The molecular weight excluding hydrogens is 224 g/mol. The molecule has 0 saturated heterocycles. The molecule has 0 amide bonds. The lowest BCUT2D eigenvalue weighted by Crippen LogP contribution is -2.41. The van der Waals surface area contributed by atoms with Crippen LogP contribution in [0.2, 0.25) is 0 Å². The summed E-state index contributed by atoms with van der Waals surface area (Å²) in [6.45, 7) is 6.71. The zero-order valence-corrected chi connectivity index (χ0v) is 10.3. The maximum absolute atomic E-state index is 10.4. The molecule has 7 nitrogen and oxygen atoms in total. The molecular formula is C10H18N4O3. The number of rotatable bonds is 5. The Morgan fingerprint density at radius 1 is 1.65 bits per heavy atom. The van der Waals surface area contributed by atoms with E-state index in [0.717, 1.165) is 0 Å². The molecule has 0 aliphatic heterocycles. The molecule has 0 aliphatic carbocycles. The fraction of sp³-hybridized carbons (Fsp3) is 0.700. The quantitative estimate of drug-likeness (QED) is 0.580. The molecule has 1 rings (SSSR count). The summed E-state index contributed by atoms with van der Waals surface area (Å²) in [5, 5.41) is 23.3. The van der Waals surface area contributed by atoms with Crippen molar-refractivity contribution in [2.45, 2.75) is 39.0 Å². The molecule has 0 saturated carbocycles. The summed E-state index contributed by atoms with van der Waals surface area (Å²) in [6.07, 6.45) is 2.04. The molecule has 2 N–H and O–H groups in total. The van der Waals surface area contributed by atoms with Crippen LogP contribution in [0, 0.1) is 10.1 Å². The van der Waals surface area contributed by atoms with Crippen molar-refractivity contribution >= 4 is 5.82 Å². The van der Waals surface area contributed by atoms with Gasteiger partial charge in [-0.25, -0.2) is 0 Å². The van der Waals surface area contributed by atoms with Crippen LogP contribution in [0.15, 0.2) is 12.5 Å². The van der Waals surface area contributed by atoms with Crippen LogP contribution in [0.1, 0.15) is 20.8 Å². The van der Waals surface area contributed by atoms with Crippen molar-refractivity contribution < 1.29 is 10.0 Å². The van der Waals surface area contributed by atoms with E-state index < -0.39 is 11.0 Å². The van der Waals surface area contributed by atoms with Gasteiger partial charge in [-0.3, -0.25) is 0 Å². The molecule has 1 unspecified atom stereocenters. The Balaban J connectivity index is 2.45. The van der Waals surface area contributed by atoms with E-state index in [1.54, 1.807) is 0 Å². The highest BCUT2D eigenvalue weighted by atomic mass is 16.6. The van der Waals surface area contributed by atoms with Crippen LogP contribution in [0.5, 0.6) is 0 Å². The van der Waals surface area contributed by atoms with Gasteiger partial charge < -0.3 is 25.1 Å². The topological polar surface area (TPSA) is 93.2 Å². The Kier molecular flexibility index (Phi) is 4.19. The summed E-state index contributed by atoms with van der Waals surface area (Å²) in [4.78, 5) is 13.5. The van der Waals surface area contributed by atoms with Gasteiger partial charge in [0.1, 0.15) is 6.20 Å². The number of β-amino-alcohol motifs (C(OH)–C–C–N with tert-alkyl or cyclic N) is 1. The van der Waals surface area contributed by atoms with E-state index in [-0.39, 0.29) is 17.9 Å². The smallest absolute Gasteiger partial charge is 0.381 e. The molecule has 0 spiro atoms. The average molecular weight is 242 g/mol. The maximum atomic E-state index is 10.4. The number of nitrogens with zero attached hydrogens (tertiary/aromatic N) is 3. The minimum Gasteiger partial charge on any atom is -0.390 e. The molecule has 0 aromatic carbocycles. The predicted molar refractivity (Wildman–Crippen MR) is 62.6 cm³/mol. The second-order valence-corrected chi connectivity index (χ2v) is 4.97. The molecule has 7 heteroatoms. The first kappa shape index (κ1) is 13.6. The molecule has 0 aliphatic rings. The van der Waals surface area contributed by atoms with Gasteiger partial charge in [0, 0.05) is 12.1 Å². The highest BCUT2D eigenvalue weighted by Gasteiger charge is 2.15.